The highest BCUT2D eigenvalue weighted by Gasteiger charge is 2.13. The van der Waals surface area contributed by atoms with Crippen molar-refractivity contribution in [1.82, 2.24) is 9.80 Å². The zero-order valence-electron chi connectivity index (χ0n) is 16.7. The minimum atomic E-state index is -0.0294. The summed E-state index contributed by atoms with van der Waals surface area (Å²) in [7, 11) is 3.49. The highest BCUT2D eigenvalue weighted by Crippen LogP contribution is 2.14. The molecule has 5 nitrogen and oxygen atoms in total. The Morgan fingerprint density at radius 2 is 1.78 bits per heavy atom. The summed E-state index contributed by atoms with van der Waals surface area (Å²) in [6.45, 7) is 5.83. The van der Waals surface area contributed by atoms with Gasteiger partial charge in [-0.25, -0.2) is 0 Å². The first kappa shape index (κ1) is 20.6. The molecule has 0 aliphatic heterocycles. The quantitative estimate of drug-likeness (QED) is 0.776. The SMILES string of the molecule is CCCN(CC(=O)Nc1ccccc1C)Cc1cccc(C(=O)N(C)C)c1. The number of hydrogen-bond acceptors (Lipinski definition) is 3. The van der Waals surface area contributed by atoms with Crippen molar-refractivity contribution in [3.63, 3.8) is 0 Å². The van der Waals surface area contributed by atoms with E-state index in [9.17, 15) is 9.59 Å². The molecule has 5 heteroatoms. The van der Waals surface area contributed by atoms with Gasteiger partial charge in [0.1, 0.15) is 0 Å². The molecule has 0 atom stereocenters. The molecule has 2 aromatic carbocycles. The van der Waals surface area contributed by atoms with Gasteiger partial charge in [0.2, 0.25) is 5.91 Å². The Morgan fingerprint density at radius 1 is 1.04 bits per heavy atom. The van der Waals surface area contributed by atoms with E-state index < -0.39 is 0 Å². The van der Waals surface area contributed by atoms with E-state index in [1.807, 2.05) is 55.5 Å². The number of benzene rings is 2. The van der Waals surface area contributed by atoms with Gasteiger partial charge in [-0.2, -0.15) is 0 Å². The third kappa shape index (κ3) is 6.22. The lowest BCUT2D eigenvalue weighted by Gasteiger charge is -2.22. The van der Waals surface area contributed by atoms with E-state index in [0.29, 0.717) is 18.7 Å². The molecule has 0 aromatic heterocycles. The number of para-hydroxylation sites is 1. The topological polar surface area (TPSA) is 52.7 Å². The van der Waals surface area contributed by atoms with Gasteiger partial charge in [-0.3, -0.25) is 14.5 Å². The predicted molar refractivity (Wildman–Crippen MR) is 110 cm³/mol. The molecule has 2 rings (SSSR count). The monoisotopic (exact) mass is 367 g/mol. The van der Waals surface area contributed by atoms with Crippen molar-refractivity contribution in [2.24, 2.45) is 0 Å². The van der Waals surface area contributed by atoms with Crippen LogP contribution in [0.5, 0.6) is 0 Å². The van der Waals surface area contributed by atoms with Crippen LogP contribution in [0.4, 0.5) is 5.69 Å². The number of anilines is 1. The number of aryl methyl sites for hydroxylation is 1. The summed E-state index contributed by atoms with van der Waals surface area (Å²) < 4.78 is 0. The number of rotatable bonds is 8. The fourth-order valence-electron chi connectivity index (χ4n) is 2.96. The molecule has 0 unspecified atom stereocenters. The maximum Gasteiger partial charge on any atom is 0.253 e. The third-order valence-electron chi connectivity index (χ3n) is 4.31. The first-order valence-corrected chi connectivity index (χ1v) is 9.29. The van der Waals surface area contributed by atoms with Gasteiger partial charge in [-0.05, 0) is 49.2 Å². The lowest BCUT2D eigenvalue weighted by atomic mass is 10.1. The normalized spacial score (nSPS) is 10.7. The predicted octanol–water partition coefficient (Wildman–Crippen LogP) is 3.55. The molecule has 0 fully saturated rings. The Kier molecular flexibility index (Phi) is 7.55. The van der Waals surface area contributed by atoms with Crippen molar-refractivity contribution in [3.05, 3.63) is 65.2 Å². The van der Waals surface area contributed by atoms with Gasteiger partial charge in [0.15, 0.2) is 0 Å². The van der Waals surface area contributed by atoms with Gasteiger partial charge in [-0.1, -0.05) is 37.3 Å². The Bertz CT molecular complexity index is 787. The molecular formula is C22H29N3O2. The minimum Gasteiger partial charge on any atom is -0.345 e. The van der Waals surface area contributed by atoms with Crippen LogP contribution in [0.3, 0.4) is 0 Å². The van der Waals surface area contributed by atoms with Gasteiger partial charge in [-0.15, -0.1) is 0 Å². The van der Waals surface area contributed by atoms with Crippen LogP contribution in [-0.4, -0.2) is 48.8 Å². The summed E-state index contributed by atoms with van der Waals surface area (Å²) in [6, 6.07) is 15.4. The standard InChI is InChI=1S/C22H29N3O2/c1-5-13-25(16-21(26)23-20-12-7-6-9-17(20)2)15-18-10-8-11-19(14-18)22(27)24(3)4/h6-12,14H,5,13,15-16H2,1-4H3,(H,23,26). The molecule has 0 saturated carbocycles. The summed E-state index contributed by atoms with van der Waals surface area (Å²) in [6.07, 6.45) is 0.952. The molecule has 2 aromatic rings. The minimum absolute atomic E-state index is 0.0174. The summed E-state index contributed by atoms with van der Waals surface area (Å²) in [5.41, 5.74) is 3.58. The molecule has 0 heterocycles. The summed E-state index contributed by atoms with van der Waals surface area (Å²) in [4.78, 5) is 28.3. The third-order valence-corrected chi connectivity index (χ3v) is 4.31. The van der Waals surface area contributed by atoms with Gasteiger partial charge in [0.05, 0.1) is 6.54 Å². The maximum absolute atomic E-state index is 12.5. The highest BCUT2D eigenvalue weighted by molar-refractivity contribution is 5.94. The van der Waals surface area contributed by atoms with E-state index in [1.54, 1.807) is 19.0 Å². The van der Waals surface area contributed by atoms with Crippen LogP contribution in [0.25, 0.3) is 0 Å². The van der Waals surface area contributed by atoms with Gasteiger partial charge in [0.25, 0.3) is 5.91 Å². The largest absolute Gasteiger partial charge is 0.345 e. The van der Waals surface area contributed by atoms with Gasteiger partial charge in [0, 0.05) is 31.9 Å². The van der Waals surface area contributed by atoms with Crippen LogP contribution in [0.15, 0.2) is 48.5 Å². The van der Waals surface area contributed by atoms with Crippen molar-refractivity contribution in [2.75, 3.05) is 32.5 Å². The lowest BCUT2D eigenvalue weighted by molar-refractivity contribution is -0.117. The smallest absolute Gasteiger partial charge is 0.253 e. The number of carbonyl (C=O) groups is 2. The Hall–Kier alpha value is -2.66. The number of carbonyl (C=O) groups excluding carboxylic acids is 2. The number of nitrogens with one attached hydrogen (secondary N) is 1. The Morgan fingerprint density at radius 3 is 2.44 bits per heavy atom. The Labute approximate surface area is 162 Å². The van der Waals surface area contributed by atoms with Crippen LogP contribution in [0.1, 0.15) is 34.8 Å². The molecule has 0 aliphatic rings. The molecule has 0 bridgehead atoms. The zero-order chi connectivity index (χ0) is 19.8. The molecule has 27 heavy (non-hydrogen) atoms. The average Bonchev–Trinajstić information content (AvgIpc) is 2.63. The van der Waals surface area contributed by atoms with E-state index in [2.05, 4.69) is 17.1 Å². The molecule has 0 aliphatic carbocycles. The fourth-order valence-corrected chi connectivity index (χ4v) is 2.96. The van der Waals surface area contributed by atoms with Crippen molar-refractivity contribution in [2.45, 2.75) is 26.8 Å². The first-order chi connectivity index (χ1) is 12.9. The number of hydrogen-bond donors (Lipinski definition) is 1. The van der Waals surface area contributed by atoms with E-state index >= 15 is 0 Å². The molecule has 1 N–H and O–H groups in total. The van der Waals surface area contributed by atoms with E-state index in [-0.39, 0.29) is 11.8 Å². The van der Waals surface area contributed by atoms with E-state index in [0.717, 1.165) is 29.8 Å². The second-order valence-corrected chi connectivity index (χ2v) is 6.97. The highest BCUT2D eigenvalue weighted by atomic mass is 16.2. The molecule has 0 radical (unpaired) electrons. The maximum atomic E-state index is 12.5. The van der Waals surface area contributed by atoms with Crippen molar-refractivity contribution in [1.29, 1.82) is 0 Å². The van der Waals surface area contributed by atoms with Crippen LogP contribution in [0.2, 0.25) is 0 Å². The summed E-state index contributed by atoms with van der Waals surface area (Å²) in [5, 5.41) is 2.99. The zero-order valence-corrected chi connectivity index (χ0v) is 16.7. The second-order valence-electron chi connectivity index (χ2n) is 6.97. The lowest BCUT2D eigenvalue weighted by Crippen LogP contribution is -2.33. The van der Waals surface area contributed by atoms with Gasteiger partial charge < -0.3 is 10.2 Å². The van der Waals surface area contributed by atoms with Crippen LogP contribution < -0.4 is 5.32 Å². The molecule has 0 spiro atoms. The molecular weight excluding hydrogens is 338 g/mol. The summed E-state index contributed by atoms with van der Waals surface area (Å²) >= 11 is 0. The Balaban J connectivity index is 2.05. The van der Waals surface area contributed by atoms with Crippen LogP contribution in [-0.2, 0) is 11.3 Å². The number of nitrogens with zero attached hydrogens (tertiary/aromatic N) is 2. The van der Waals surface area contributed by atoms with Gasteiger partial charge >= 0.3 is 0 Å². The fraction of sp³-hybridized carbons (Fsp3) is 0.364. The summed E-state index contributed by atoms with van der Waals surface area (Å²) in [5.74, 6) is -0.0468. The van der Waals surface area contributed by atoms with Crippen molar-refractivity contribution in [3.8, 4) is 0 Å². The van der Waals surface area contributed by atoms with Crippen LogP contribution in [0, 0.1) is 6.92 Å². The molecule has 2 amide bonds. The van der Waals surface area contributed by atoms with E-state index in [4.69, 9.17) is 0 Å². The average molecular weight is 367 g/mol. The second kappa shape index (κ2) is 9.88. The number of amides is 2. The molecule has 0 saturated heterocycles. The van der Waals surface area contributed by atoms with E-state index in [1.165, 1.54) is 0 Å². The van der Waals surface area contributed by atoms with Crippen molar-refractivity contribution < 1.29 is 9.59 Å². The van der Waals surface area contributed by atoms with Crippen molar-refractivity contribution >= 4 is 17.5 Å². The molecule has 144 valence electrons. The van der Waals surface area contributed by atoms with Crippen LogP contribution >= 0.6 is 0 Å². The first-order valence-electron chi connectivity index (χ1n) is 9.29.